The lowest BCUT2D eigenvalue weighted by molar-refractivity contribution is 0.00578. The zero-order chi connectivity index (χ0) is 14.3. The van der Waals surface area contributed by atoms with Gasteiger partial charge in [-0.15, -0.1) is 0 Å². The first-order valence-electron chi connectivity index (χ1n) is 6.34. The Kier molecular flexibility index (Phi) is 3.45. The first-order valence-corrected chi connectivity index (χ1v) is 6.34. The molecule has 1 aromatic rings. The van der Waals surface area contributed by atoms with Crippen LogP contribution in [0.2, 0.25) is 0 Å². The lowest BCUT2D eigenvalue weighted by atomic mass is 9.90. The molecule has 0 amide bonds. The van der Waals surface area contributed by atoms with Crippen LogP contribution in [0.5, 0.6) is 5.75 Å². The number of rotatable bonds is 3. The predicted octanol–water partition coefficient (Wildman–Crippen LogP) is 2.78. The molecule has 0 spiro atoms. The molecule has 1 saturated heterocycles. The molecule has 1 aliphatic heterocycles. The van der Waals surface area contributed by atoms with Crippen molar-refractivity contribution < 1.29 is 18.8 Å². The van der Waals surface area contributed by atoms with Gasteiger partial charge in [0.2, 0.25) is 0 Å². The van der Waals surface area contributed by atoms with Crippen LogP contribution >= 0.6 is 0 Å². The third-order valence-corrected chi connectivity index (χ3v) is 3.91. The molecular formula is C14H19BO4. The Balaban J connectivity index is 2.18. The largest absolute Gasteiger partial charge is 0.714 e. The van der Waals surface area contributed by atoms with E-state index < -0.39 is 18.5 Å². The van der Waals surface area contributed by atoms with Gasteiger partial charge < -0.3 is 14.0 Å². The highest BCUT2D eigenvalue weighted by molar-refractivity contribution is 6.38. The molecule has 1 fully saturated rings. The Morgan fingerprint density at radius 3 is 2.26 bits per heavy atom. The van der Waals surface area contributed by atoms with Crippen LogP contribution in [0.25, 0.3) is 0 Å². The van der Waals surface area contributed by atoms with Gasteiger partial charge in [0.25, 0.3) is 0 Å². The predicted molar refractivity (Wildman–Crippen MR) is 73.3 cm³/mol. The summed E-state index contributed by atoms with van der Waals surface area (Å²) in [5.41, 5.74) is 0.517. The first-order chi connectivity index (χ1) is 8.77. The van der Waals surface area contributed by atoms with Crippen molar-refractivity contribution in [1.29, 1.82) is 0 Å². The topological polar surface area (TPSA) is 44.8 Å². The quantitative estimate of drug-likeness (QED) is 0.620. The van der Waals surface area contributed by atoms with Crippen LogP contribution in [0, 0.1) is 6.92 Å². The standard InChI is InChI=1S/C14H19BO4/c1-10-11(9-16)7-6-8-12(10)17-15-18-13(2,3)14(4,5)19-15/h6-9H,1-5H3. The fourth-order valence-electron chi connectivity index (χ4n) is 1.83. The Morgan fingerprint density at radius 1 is 1.16 bits per heavy atom. The number of hydrogen-bond donors (Lipinski definition) is 0. The van der Waals surface area contributed by atoms with Gasteiger partial charge in [-0.25, -0.2) is 0 Å². The Labute approximate surface area is 114 Å². The summed E-state index contributed by atoms with van der Waals surface area (Å²) in [6.45, 7) is 9.69. The second kappa shape index (κ2) is 4.65. The molecule has 0 aromatic heterocycles. The van der Waals surface area contributed by atoms with Gasteiger partial charge in [0.1, 0.15) is 12.0 Å². The molecular weight excluding hydrogens is 243 g/mol. The SMILES string of the molecule is Cc1c(C=O)cccc1OB1OC(C)(C)C(C)(C)O1. The zero-order valence-corrected chi connectivity index (χ0v) is 12.0. The highest BCUT2D eigenvalue weighted by atomic mass is 16.8. The molecule has 2 rings (SSSR count). The van der Waals surface area contributed by atoms with Crippen LogP contribution in [0.4, 0.5) is 0 Å². The molecule has 0 radical (unpaired) electrons. The van der Waals surface area contributed by atoms with E-state index in [-0.39, 0.29) is 0 Å². The lowest BCUT2D eigenvalue weighted by Gasteiger charge is -2.31. The minimum atomic E-state index is -0.759. The van der Waals surface area contributed by atoms with Crippen molar-refractivity contribution in [2.45, 2.75) is 45.8 Å². The molecule has 0 atom stereocenters. The number of carbonyl (C=O) groups is 1. The van der Waals surface area contributed by atoms with Crippen molar-refractivity contribution in [3.05, 3.63) is 29.3 Å². The van der Waals surface area contributed by atoms with E-state index in [9.17, 15) is 4.79 Å². The molecule has 4 nitrogen and oxygen atoms in total. The Bertz CT molecular complexity index is 480. The van der Waals surface area contributed by atoms with E-state index in [2.05, 4.69) is 0 Å². The van der Waals surface area contributed by atoms with Gasteiger partial charge in [-0.2, -0.15) is 0 Å². The third-order valence-electron chi connectivity index (χ3n) is 3.91. The van der Waals surface area contributed by atoms with Crippen LogP contribution in [-0.2, 0) is 9.31 Å². The molecule has 5 heteroatoms. The summed E-state index contributed by atoms with van der Waals surface area (Å²) in [5, 5.41) is 0. The van der Waals surface area contributed by atoms with Crippen molar-refractivity contribution in [2.24, 2.45) is 0 Å². The number of hydrogen-bond acceptors (Lipinski definition) is 4. The Hall–Kier alpha value is -1.33. The minimum absolute atomic E-state index is 0.437. The van der Waals surface area contributed by atoms with Crippen molar-refractivity contribution >= 4 is 13.6 Å². The number of carbonyl (C=O) groups excluding carboxylic acids is 1. The molecule has 0 bridgehead atoms. The summed E-state index contributed by atoms with van der Waals surface area (Å²) >= 11 is 0. The third kappa shape index (κ3) is 2.53. The summed E-state index contributed by atoms with van der Waals surface area (Å²) in [5.74, 6) is 0.600. The molecule has 0 N–H and O–H groups in total. The second-order valence-corrected chi connectivity index (χ2v) is 5.75. The van der Waals surface area contributed by atoms with Crippen LogP contribution in [0.3, 0.4) is 0 Å². The maximum Gasteiger partial charge on any atom is 0.714 e. The van der Waals surface area contributed by atoms with E-state index in [0.717, 1.165) is 11.8 Å². The maximum absolute atomic E-state index is 10.9. The highest BCUT2D eigenvalue weighted by Gasteiger charge is 2.54. The monoisotopic (exact) mass is 262 g/mol. The van der Waals surface area contributed by atoms with E-state index in [0.29, 0.717) is 11.3 Å². The van der Waals surface area contributed by atoms with E-state index in [4.69, 9.17) is 14.0 Å². The molecule has 0 unspecified atom stereocenters. The second-order valence-electron chi connectivity index (χ2n) is 5.75. The van der Waals surface area contributed by atoms with E-state index >= 15 is 0 Å². The van der Waals surface area contributed by atoms with Crippen molar-refractivity contribution in [3.8, 4) is 5.75 Å². The van der Waals surface area contributed by atoms with Crippen molar-refractivity contribution in [1.82, 2.24) is 0 Å². The van der Waals surface area contributed by atoms with Crippen LogP contribution in [0.1, 0.15) is 43.6 Å². The number of benzene rings is 1. The molecule has 1 heterocycles. The van der Waals surface area contributed by atoms with Gasteiger partial charge in [0.05, 0.1) is 11.2 Å². The van der Waals surface area contributed by atoms with Crippen LogP contribution in [-0.4, -0.2) is 24.8 Å². The fourth-order valence-corrected chi connectivity index (χ4v) is 1.83. The highest BCUT2D eigenvalue weighted by Crippen LogP contribution is 2.37. The smallest absolute Gasteiger partial charge is 0.512 e. The lowest BCUT2D eigenvalue weighted by Crippen LogP contribution is -2.41. The van der Waals surface area contributed by atoms with E-state index in [1.807, 2.05) is 34.6 Å². The summed E-state index contributed by atoms with van der Waals surface area (Å²) in [6, 6.07) is 5.32. The molecule has 19 heavy (non-hydrogen) atoms. The minimum Gasteiger partial charge on any atom is -0.512 e. The average Bonchev–Trinajstić information content (AvgIpc) is 2.50. The first kappa shape index (κ1) is 14.1. The van der Waals surface area contributed by atoms with Gasteiger partial charge >= 0.3 is 7.32 Å². The number of aldehydes is 1. The normalized spacial score (nSPS) is 20.4. The summed E-state index contributed by atoms with van der Waals surface area (Å²) < 4.78 is 17.2. The van der Waals surface area contributed by atoms with Crippen molar-refractivity contribution in [2.75, 3.05) is 0 Å². The zero-order valence-electron chi connectivity index (χ0n) is 12.0. The molecule has 0 saturated carbocycles. The summed E-state index contributed by atoms with van der Waals surface area (Å²) in [7, 11) is -0.759. The maximum atomic E-state index is 10.9. The average molecular weight is 262 g/mol. The molecule has 1 aliphatic rings. The molecule has 0 aliphatic carbocycles. The van der Waals surface area contributed by atoms with Crippen molar-refractivity contribution in [3.63, 3.8) is 0 Å². The van der Waals surface area contributed by atoms with Crippen LogP contribution < -0.4 is 4.65 Å². The van der Waals surface area contributed by atoms with E-state index in [1.54, 1.807) is 18.2 Å². The molecule has 1 aromatic carbocycles. The van der Waals surface area contributed by atoms with Gasteiger partial charge in [-0.05, 0) is 46.2 Å². The van der Waals surface area contributed by atoms with Gasteiger partial charge in [0, 0.05) is 5.56 Å². The van der Waals surface area contributed by atoms with E-state index in [1.165, 1.54) is 0 Å². The Morgan fingerprint density at radius 2 is 1.74 bits per heavy atom. The summed E-state index contributed by atoms with van der Waals surface area (Å²) in [4.78, 5) is 10.9. The van der Waals surface area contributed by atoms with Gasteiger partial charge in [0.15, 0.2) is 0 Å². The van der Waals surface area contributed by atoms with Crippen LogP contribution in [0.15, 0.2) is 18.2 Å². The summed E-state index contributed by atoms with van der Waals surface area (Å²) in [6.07, 6.45) is 0.812. The van der Waals surface area contributed by atoms with Gasteiger partial charge in [-0.1, -0.05) is 12.1 Å². The molecule has 102 valence electrons. The fraction of sp³-hybridized carbons (Fsp3) is 0.500. The van der Waals surface area contributed by atoms with Gasteiger partial charge in [-0.3, -0.25) is 4.79 Å².